The summed E-state index contributed by atoms with van der Waals surface area (Å²) in [5.41, 5.74) is 15.3. The molecular weight excluding hydrogens is 800 g/mol. The number of halogens is 2. The first-order chi connectivity index (χ1) is 26.8. The average Bonchev–Trinajstić information content (AvgIpc) is 3.46. The summed E-state index contributed by atoms with van der Waals surface area (Å²) in [6.45, 7) is 7.07. The Hall–Kier alpha value is -4.64. The van der Waals surface area contributed by atoms with Gasteiger partial charge >= 0.3 is 0 Å². The predicted octanol–water partition coefficient (Wildman–Crippen LogP) is 15.4. The van der Waals surface area contributed by atoms with Gasteiger partial charge in [0.1, 0.15) is 0 Å². The first-order valence-electron chi connectivity index (χ1n) is 19.7. The molecule has 0 amide bonds. The zero-order valence-corrected chi connectivity index (χ0v) is 35.2. The summed E-state index contributed by atoms with van der Waals surface area (Å²) in [5.74, 6) is 0. The van der Waals surface area contributed by atoms with Gasteiger partial charge in [0.2, 0.25) is 0 Å². The Bertz CT molecular complexity index is 2330. The second-order valence-electron chi connectivity index (χ2n) is 15.2. The minimum atomic E-state index is -0.332. The van der Waals surface area contributed by atoms with Crippen LogP contribution in [0, 0.1) is 6.92 Å². The summed E-state index contributed by atoms with van der Waals surface area (Å²) in [6, 6.07) is 53.7. The number of unbranched alkanes of at least 4 members (excludes halogenated alkanes) is 3. The highest BCUT2D eigenvalue weighted by atomic mass is 79.9. The maximum atomic E-state index is 3.68. The number of benzene rings is 6. The molecule has 6 aromatic carbocycles. The molecule has 0 radical (unpaired) electrons. The smallest absolute Gasteiger partial charge is 0.0563 e. The molecule has 6 aromatic rings. The van der Waals surface area contributed by atoms with Gasteiger partial charge in [-0.2, -0.15) is 0 Å². The van der Waals surface area contributed by atoms with Crippen molar-refractivity contribution in [3.05, 3.63) is 200 Å². The van der Waals surface area contributed by atoms with Gasteiger partial charge in [-0.25, -0.2) is 0 Å². The van der Waals surface area contributed by atoms with E-state index in [0.717, 1.165) is 38.8 Å². The molecule has 8 rings (SSSR count). The highest BCUT2D eigenvalue weighted by molar-refractivity contribution is 9.10. The van der Waals surface area contributed by atoms with Gasteiger partial charge in [-0.05, 0) is 151 Å². The standard InChI is InChI=1S/C51H48Br2N2/c1-4-5-6-9-14-37-33-36(2)19-32-48(37)51(3)49-34-44(54(40-15-10-7-11-16-40)42-24-20-38(52)21-25-42)28-30-46(49)47-31-29-45(35-50(47)51)55(41-17-12-8-13-18-41)43-26-22-39(53)23-27-43/h7-8,10-13,15-34,45H,4-6,9,14,35H2,1-3H3. The average molecular weight is 849 g/mol. The van der Waals surface area contributed by atoms with Crippen LogP contribution in [0.15, 0.2) is 172 Å². The minimum Gasteiger partial charge on any atom is -0.334 e. The molecule has 0 fully saturated rings. The van der Waals surface area contributed by atoms with Gasteiger partial charge in [0.15, 0.2) is 0 Å². The number of hydrogen-bond acceptors (Lipinski definition) is 2. The molecule has 0 saturated heterocycles. The number of fused-ring (bicyclic) bond motifs is 2. The predicted molar refractivity (Wildman–Crippen MR) is 241 cm³/mol. The van der Waals surface area contributed by atoms with Crippen LogP contribution in [0.2, 0.25) is 0 Å². The molecule has 55 heavy (non-hydrogen) atoms. The van der Waals surface area contributed by atoms with E-state index in [4.69, 9.17) is 0 Å². The van der Waals surface area contributed by atoms with Crippen molar-refractivity contribution in [2.75, 3.05) is 9.80 Å². The zero-order chi connectivity index (χ0) is 37.9. The molecule has 2 unspecified atom stereocenters. The zero-order valence-electron chi connectivity index (χ0n) is 32.0. The molecule has 276 valence electrons. The molecule has 0 N–H and O–H groups in total. The van der Waals surface area contributed by atoms with E-state index in [1.54, 1.807) is 0 Å². The fourth-order valence-corrected chi connectivity index (χ4v) is 9.41. The van der Waals surface area contributed by atoms with Crippen molar-refractivity contribution in [1.82, 2.24) is 0 Å². The highest BCUT2D eigenvalue weighted by Crippen LogP contribution is 2.56. The molecule has 0 saturated carbocycles. The highest BCUT2D eigenvalue weighted by Gasteiger charge is 2.45. The molecule has 2 atom stereocenters. The quantitative estimate of drug-likeness (QED) is 0.113. The summed E-state index contributed by atoms with van der Waals surface area (Å²) in [7, 11) is 0. The topological polar surface area (TPSA) is 6.48 Å². The summed E-state index contributed by atoms with van der Waals surface area (Å²) in [6.07, 6.45) is 11.9. The largest absolute Gasteiger partial charge is 0.334 e. The van der Waals surface area contributed by atoms with Gasteiger partial charge in [0, 0.05) is 42.8 Å². The normalized spacial score (nSPS) is 17.2. The third-order valence-corrected chi connectivity index (χ3v) is 12.6. The van der Waals surface area contributed by atoms with Crippen LogP contribution >= 0.6 is 31.9 Å². The van der Waals surface area contributed by atoms with Crippen LogP contribution in [-0.2, 0) is 11.8 Å². The first-order valence-corrected chi connectivity index (χ1v) is 21.3. The Morgan fingerprint density at radius 1 is 0.618 bits per heavy atom. The summed E-state index contributed by atoms with van der Waals surface area (Å²) >= 11 is 7.36. The van der Waals surface area contributed by atoms with E-state index in [0.29, 0.717) is 0 Å². The Labute approximate surface area is 344 Å². The third-order valence-electron chi connectivity index (χ3n) is 11.6. The van der Waals surface area contributed by atoms with Crippen molar-refractivity contribution in [3.8, 4) is 0 Å². The maximum Gasteiger partial charge on any atom is 0.0563 e. The Balaban J connectivity index is 1.29. The second-order valence-corrected chi connectivity index (χ2v) is 17.0. The summed E-state index contributed by atoms with van der Waals surface area (Å²) in [4.78, 5) is 4.92. The lowest BCUT2D eigenvalue weighted by Crippen LogP contribution is -2.35. The van der Waals surface area contributed by atoms with Crippen LogP contribution in [0.4, 0.5) is 28.4 Å². The van der Waals surface area contributed by atoms with E-state index >= 15 is 0 Å². The third kappa shape index (κ3) is 7.39. The van der Waals surface area contributed by atoms with Gasteiger partial charge in [-0.15, -0.1) is 0 Å². The molecule has 2 nitrogen and oxygen atoms in total. The number of anilines is 5. The summed E-state index contributed by atoms with van der Waals surface area (Å²) < 4.78 is 2.16. The van der Waals surface area contributed by atoms with E-state index in [1.165, 1.54) is 76.0 Å². The number of nitrogens with zero attached hydrogens (tertiary/aromatic N) is 2. The molecule has 0 aromatic heterocycles. The van der Waals surface area contributed by atoms with Crippen molar-refractivity contribution in [2.45, 2.75) is 70.8 Å². The van der Waals surface area contributed by atoms with E-state index in [-0.39, 0.29) is 11.5 Å². The number of hydrogen-bond donors (Lipinski definition) is 0. The fourth-order valence-electron chi connectivity index (χ4n) is 8.88. The Morgan fingerprint density at radius 2 is 1.22 bits per heavy atom. The van der Waals surface area contributed by atoms with Crippen LogP contribution < -0.4 is 9.80 Å². The van der Waals surface area contributed by atoms with E-state index < -0.39 is 0 Å². The first kappa shape index (κ1) is 37.3. The van der Waals surface area contributed by atoms with Crippen molar-refractivity contribution in [2.24, 2.45) is 0 Å². The number of rotatable bonds is 12. The van der Waals surface area contributed by atoms with Crippen molar-refractivity contribution >= 4 is 65.9 Å². The van der Waals surface area contributed by atoms with Crippen LogP contribution in [0.1, 0.15) is 73.8 Å². The maximum absolute atomic E-state index is 3.68. The minimum absolute atomic E-state index is 0.137. The molecule has 2 aliphatic rings. The van der Waals surface area contributed by atoms with Crippen LogP contribution in [0.25, 0.3) is 5.57 Å². The van der Waals surface area contributed by atoms with E-state index in [9.17, 15) is 0 Å². The Kier molecular flexibility index (Phi) is 11.0. The number of aryl methyl sites for hydroxylation is 2. The molecule has 0 spiro atoms. The van der Waals surface area contributed by atoms with Crippen molar-refractivity contribution in [1.29, 1.82) is 0 Å². The van der Waals surface area contributed by atoms with Gasteiger partial charge in [-0.1, -0.05) is 136 Å². The SMILES string of the molecule is CCCCCCc1cc(C)ccc1C1(C)C2=C(C=CC(N(c3ccccc3)c3ccc(Br)cc3)C2)c2ccc(N(c3ccccc3)c3ccc(Br)cc3)cc21. The molecule has 0 bridgehead atoms. The van der Waals surface area contributed by atoms with Gasteiger partial charge in [0.25, 0.3) is 0 Å². The van der Waals surface area contributed by atoms with Gasteiger partial charge in [-0.3, -0.25) is 0 Å². The number of para-hydroxylation sites is 2. The second kappa shape index (κ2) is 16.2. The Morgan fingerprint density at radius 3 is 1.89 bits per heavy atom. The lowest BCUT2D eigenvalue weighted by Gasteiger charge is -2.39. The molecule has 4 heteroatoms. The van der Waals surface area contributed by atoms with Crippen LogP contribution in [-0.4, -0.2) is 6.04 Å². The number of allylic oxidation sites excluding steroid dienone is 2. The van der Waals surface area contributed by atoms with Crippen molar-refractivity contribution in [3.63, 3.8) is 0 Å². The van der Waals surface area contributed by atoms with Crippen LogP contribution in [0.3, 0.4) is 0 Å². The van der Waals surface area contributed by atoms with Crippen LogP contribution in [0.5, 0.6) is 0 Å². The summed E-state index contributed by atoms with van der Waals surface area (Å²) in [5, 5.41) is 0. The molecule has 0 aliphatic heterocycles. The lowest BCUT2D eigenvalue weighted by molar-refractivity contribution is 0.607. The fraction of sp³-hybridized carbons (Fsp3) is 0.216. The van der Waals surface area contributed by atoms with E-state index in [1.807, 2.05) is 0 Å². The monoisotopic (exact) mass is 846 g/mol. The lowest BCUT2D eigenvalue weighted by atomic mass is 9.68. The molecule has 0 heterocycles. The molecular formula is C51H48Br2N2. The van der Waals surface area contributed by atoms with Crippen molar-refractivity contribution < 1.29 is 0 Å². The van der Waals surface area contributed by atoms with E-state index in [2.05, 4.69) is 220 Å². The van der Waals surface area contributed by atoms with Gasteiger partial charge < -0.3 is 9.80 Å². The van der Waals surface area contributed by atoms with Gasteiger partial charge in [0.05, 0.1) is 6.04 Å². The molecule has 2 aliphatic carbocycles.